The van der Waals surface area contributed by atoms with E-state index >= 15 is 0 Å². The zero-order chi connectivity index (χ0) is 34.1. The highest BCUT2D eigenvalue weighted by Crippen LogP contribution is 2.69. The van der Waals surface area contributed by atoms with Gasteiger partial charge in [0.25, 0.3) is 0 Å². The van der Waals surface area contributed by atoms with Crippen molar-refractivity contribution in [3.8, 4) is 0 Å². The summed E-state index contributed by atoms with van der Waals surface area (Å²) in [6, 6.07) is 10.9. The van der Waals surface area contributed by atoms with Gasteiger partial charge in [0, 0.05) is 31.8 Å². The maximum Gasteiger partial charge on any atom is 0.0637 e. The van der Waals surface area contributed by atoms with Gasteiger partial charge in [0.1, 0.15) is 0 Å². The van der Waals surface area contributed by atoms with Crippen LogP contribution in [-0.4, -0.2) is 76.3 Å². The van der Waals surface area contributed by atoms with Gasteiger partial charge < -0.3 is 36.3 Å². The molecule has 0 spiro atoms. The van der Waals surface area contributed by atoms with E-state index in [4.69, 9.17) is 31.4 Å². The topological polar surface area (TPSA) is 109 Å². The first-order valence-corrected chi connectivity index (χ1v) is 19.9. The third-order valence-corrected chi connectivity index (χ3v) is 14.0. The lowest BCUT2D eigenvalue weighted by Crippen LogP contribution is -2.63. The second-order valence-corrected chi connectivity index (χ2v) is 16.8. The minimum absolute atomic E-state index is 0.159. The van der Waals surface area contributed by atoms with Crippen LogP contribution >= 0.6 is 0 Å². The quantitative estimate of drug-likeness (QED) is 0.142. The Morgan fingerprint density at radius 1 is 0.812 bits per heavy atom. The Kier molecular flexibility index (Phi) is 14.3. The van der Waals surface area contributed by atoms with Gasteiger partial charge in [-0.3, -0.25) is 0 Å². The second-order valence-electron chi connectivity index (χ2n) is 16.8. The molecule has 1 aromatic rings. The average Bonchev–Trinajstić information content (AvgIpc) is 3.44. The van der Waals surface area contributed by atoms with E-state index < -0.39 is 0 Å². The first kappa shape index (κ1) is 38.2. The Morgan fingerprint density at radius 2 is 1.50 bits per heavy atom. The van der Waals surface area contributed by atoms with E-state index in [2.05, 4.69) is 63.1 Å². The molecule has 4 aliphatic rings. The van der Waals surface area contributed by atoms with Crippen molar-refractivity contribution in [2.24, 2.45) is 63.5 Å². The van der Waals surface area contributed by atoms with Crippen molar-refractivity contribution >= 4 is 0 Å². The summed E-state index contributed by atoms with van der Waals surface area (Å²) in [5, 5.41) is 0. The number of hydrogen-bond acceptors (Lipinski definition) is 7. The van der Waals surface area contributed by atoms with E-state index in [1.54, 1.807) is 0 Å². The fourth-order valence-electron chi connectivity index (χ4n) is 11.5. The predicted molar refractivity (Wildman–Crippen MR) is 197 cm³/mol. The number of ether oxygens (including phenoxy) is 3. The molecule has 6 N–H and O–H groups in total. The molecule has 48 heavy (non-hydrogen) atoms. The van der Waals surface area contributed by atoms with Crippen molar-refractivity contribution in [1.29, 1.82) is 0 Å². The van der Waals surface area contributed by atoms with Crippen LogP contribution in [0, 0.1) is 46.3 Å². The molecule has 5 rings (SSSR count). The minimum atomic E-state index is 0.159. The zero-order valence-corrected chi connectivity index (χ0v) is 31.1. The van der Waals surface area contributed by atoms with Gasteiger partial charge >= 0.3 is 0 Å². The first-order valence-electron chi connectivity index (χ1n) is 19.9. The van der Waals surface area contributed by atoms with Crippen LogP contribution in [0.15, 0.2) is 30.3 Å². The summed E-state index contributed by atoms with van der Waals surface area (Å²) in [6.45, 7) is 14.4. The molecule has 7 heteroatoms. The lowest BCUT2D eigenvalue weighted by atomic mass is 9.43. The van der Waals surface area contributed by atoms with Gasteiger partial charge in [-0.25, -0.2) is 0 Å². The normalized spacial score (nSPS) is 36.8. The zero-order valence-electron chi connectivity index (χ0n) is 31.1. The average molecular weight is 669 g/mol. The molecule has 1 aromatic carbocycles. The fourth-order valence-corrected chi connectivity index (χ4v) is 11.5. The largest absolute Gasteiger partial charge is 0.378 e. The molecule has 274 valence electrons. The Labute approximate surface area is 293 Å². The molecule has 4 aliphatic carbocycles. The van der Waals surface area contributed by atoms with Crippen molar-refractivity contribution in [2.75, 3.05) is 53.0 Å². The summed E-state index contributed by atoms with van der Waals surface area (Å²) in [5.41, 5.74) is 19.6. The first-order chi connectivity index (χ1) is 23.3. The van der Waals surface area contributed by atoms with Gasteiger partial charge in [-0.2, -0.15) is 0 Å². The van der Waals surface area contributed by atoms with Crippen LogP contribution in [0.5, 0.6) is 0 Å². The van der Waals surface area contributed by atoms with Crippen LogP contribution in [0.4, 0.5) is 0 Å². The van der Waals surface area contributed by atoms with Gasteiger partial charge in [0.05, 0.1) is 18.3 Å². The molecular formula is C41H72N4O3. The maximum absolute atomic E-state index is 7.04. The molecule has 0 aromatic heterocycles. The van der Waals surface area contributed by atoms with Crippen LogP contribution < -0.4 is 17.2 Å². The lowest BCUT2D eigenvalue weighted by Gasteiger charge is -2.65. The highest BCUT2D eigenvalue weighted by Gasteiger charge is 2.66. The molecule has 11 atom stereocenters. The van der Waals surface area contributed by atoms with Crippen LogP contribution in [0.25, 0.3) is 0 Å². The molecule has 0 bridgehead atoms. The van der Waals surface area contributed by atoms with Gasteiger partial charge in [0.2, 0.25) is 0 Å². The Hall–Kier alpha value is -1.06. The highest BCUT2D eigenvalue weighted by atomic mass is 16.5. The SMILES string of the molecule is C[C@H](CCCN(C)Cc1ccccc1)[C@H]1CC[C@H]2C3[C@H](OCCCN)CC4C[C@H](OCCCN)CC[C@]4(C)[C@H]3C[C@H](OCCCN)[C@]12C. The van der Waals surface area contributed by atoms with E-state index in [0.29, 0.717) is 72.8 Å². The van der Waals surface area contributed by atoms with Crippen LogP contribution in [0.3, 0.4) is 0 Å². The van der Waals surface area contributed by atoms with Crippen molar-refractivity contribution in [3.05, 3.63) is 35.9 Å². The number of hydrogen-bond donors (Lipinski definition) is 3. The lowest BCUT2D eigenvalue weighted by molar-refractivity contribution is -0.227. The smallest absolute Gasteiger partial charge is 0.0637 e. The second kappa shape index (κ2) is 17.9. The monoisotopic (exact) mass is 669 g/mol. The van der Waals surface area contributed by atoms with Gasteiger partial charge in [0.15, 0.2) is 0 Å². The molecule has 2 unspecified atom stereocenters. The molecule has 0 saturated heterocycles. The van der Waals surface area contributed by atoms with Crippen molar-refractivity contribution < 1.29 is 14.2 Å². The van der Waals surface area contributed by atoms with Crippen molar-refractivity contribution in [2.45, 2.75) is 123 Å². The van der Waals surface area contributed by atoms with Crippen molar-refractivity contribution in [1.82, 2.24) is 4.90 Å². The predicted octanol–water partition coefficient (Wildman–Crippen LogP) is 6.62. The summed E-state index contributed by atoms with van der Waals surface area (Å²) in [5.74, 6) is 3.81. The number of rotatable bonds is 19. The minimum Gasteiger partial charge on any atom is -0.378 e. The van der Waals surface area contributed by atoms with E-state index in [9.17, 15) is 0 Å². The Balaban J connectivity index is 1.34. The highest BCUT2D eigenvalue weighted by molar-refractivity contribution is 5.16. The Bertz CT molecular complexity index is 1080. The third kappa shape index (κ3) is 8.52. The molecule has 7 nitrogen and oxygen atoms in total. The number of nitrogens with zero attached hydrogens (tertiary/aromatic N) is 1. The molecular weight excluding hydrogens is 596 g/mol. The van der Waals surface area contributed by atoms with E-state index in [-0.39, 0.29) is 11.5 Å². The van der Waals surface area contributed by atoms with Crippen LogP contribution in [0.1, 0.15) is 103 Å². The summed E-state index contributed by atoms with van der Waals surface area (Å²) in [6.07, 6.45) is 14.8. The van der Waals surface area contributed by atoms with Gasteiger partial charge in [-0.1, -0.05) is 51.1 Å². The molecule has 0 amide bonds. The molecule has 0 aliphatic heterocycles. The van der Waals surface area contributed by atoms with Crippen LogP contribution in [0.2, 0.25) is 0 Å². The van der Waals surface area contributed by atoms with E-state index in [0.717, 1.165) is 71.4 Å². The number of benzene rings is 1. The number of nitrogens with two attached hydrogens (primary N) is 3. The molecule has 4 fully saturated rings. The molecule has 0 radical (unpaired) electrons. The standard InChI is InChI=1S/C41H72N4O3/c1-30(12-8-22-45(4)29-31-13-6-5-7-14-31)34-15-16-35-39-36(28-38(41(34,35)3)48-25-11-21-44)40(2)18-17-33(46-23-9-19-42)26-32(40)27-37(39)47-24-10-20-43/h5-7,13-14,30,32-39H,8-12,15-29,42-44H2,1-4H3/t30-,32?,33-,34-,35+,36+,37-,38+,39?,40+,41-/m1/s1. The molecule has 4 saturated carbocycles. The van der Waals surface area contributed by atoms with E-state index in [1.807, 2.05) is 0 Å². The van der Waals surface area contributed by atoms with Gasteiger partial charge in [-0.05, 0) is 157 Å². The number of fused-ring (bicyclic) bond motifs is 5. The Morgan fingerprint density at radius 3 is 2.21 bits per heavy atom. The summed E-state index contributed by atoms with van der Waals surface area (Å²) in [7, 11) is 2.27. The van der Waals surface area contributed by atoms with Crippen LogP contribution in [-0.2, 0) is 20.8 Å². The maximum atomic E-state index is 7.04. The summed E-state index contributed by atoms with van der Waals surface area (Å²) < 4.78 is 20.4. The van der Waals surface area contributed by atoms with Crippen molar-refractivity contribution in [3.63, 3.8) is 0 Å². The van der Waals surface area contributed by atoms with E-state index in [1.165, 1.54) is 44.1 Å². The summed E-state index contributed by atoms with van der Waals surface area (Å²) in [4.78, 5) is 2.49. The third-order valence-electron chi connectivity index (χ3n) is 14.0. The summed E-state index contributed by atoms with van der Waals surface area (Å²) >= 11 is 0. The van der Waals surface area contributed by atoms with Gasteiger partial charge in [-0.15, -0.1) is 0 Å². The fraction of sp³-hybridized carbons (Fsp3) is 0.854. The molecule has 0 heterocycles.